The number of non-ortho nitro benzene ring substituents is 1. The van der Waals surface area contributed by atoms with Crippen LogP contribution >= 0.6 is 11.8 Å². The van der Waals surface area contributed by atoms with Crippen LogP contribution in [0.1, 0.15) is 11.7 Å². The molecule has 1 amide bonds. The molecule has 1 N–H and O–H groups in total. The molecule has 4 rings (SSSR count). The Morgan fingerprint density at radius 3 is 2.62 bits per heavy atom. The summed E-state index contributed by atoms with van der Waals surface area (Å²) in [6, 6.07) is 13.5. The first kappa shape index (κ1) is 16.3. The van der Waals surface area contributed by atoms with Gasteiger partial charge in [0.2, 0.25) is 0 Å². The number of amidine groups is 1. The van der Waals surface area contributed by atoms with E-state index < -0.39 is 11.1 Å². The SMILES string of the molecule is CSC1=NN2C(=c3ccccc3=N[C@H]2c2ccc([N+](=O)[O-])cc2)C(=O)N1. The molecule has 0 unspecified atom stereocenters. The zero-order valence-electron chi connectivity index (χ0n) is 13.6. The molecule has 8 nitrogen and oxygen atoms in total. The van der Waals surface area contributed by atoms with Crippen molar-refractivity contribution in [3.05, 3.63) is 74.8 Å². The second kappa shape index (κ2) is 6.26. The highest BCUT2D eigenvalue weighted by molar-refractivity contribution is 8.13. The van der Waals surface area contributed by atoms with Gasteiger partial charge in [0.25, 0.3) is 11.6 Å². The van der Waals surface area contributed by atoms with Crippen LogP contribution in [-0.4, -0.2) is 27.3 Å². The molecule has 26 heavy (non-hydrogen) atoms. The fourth-order valence-corrected chi connectivity index (χ4v) is 3.27. The number of hydrazone groups is 1. The third kappa shape index (κ3) is 2.62. The van der Waals surface area contributed by atoms with Crippen molar-refractivity contribution >= 4 is 34.2 Å². The fourth-order valence-electron chi connectivity index (χ4n) is 2.90. The molecule has 2 aliphatic rings. The summed E-state index contributed by atoms with van der Waals surface area (Å²) in [6.07, 6.45) is 1.24. The highest BCUT2D eigenvalue weighted by atomic mass is 32.2. The Kier molecular flexibility index (Phi) is 3.92. The molecule has 130 valence electrons. The number of hydrogen-bond donors (Lipinski definition) is 1. The van der Waals surface area contributed by atoms with Crippen LogP contribution < -0.4 is 15.9 Å². The molecule has 1 atom stereocenters. The third-order valence-electron chi connectivity index (χ3n) is 4.11. The van der Waals surface area contributed by atoms with Crippen molar-refractivity contribution in [1.82, 2.24) is 10.3 Å². The van der Waals surface area contributed by atoms with E-state index in [0.717, 1.165) is 0 Å². The number of para-hydroxylation sites is 1. The molecule has 2 aliphatic heterocycles. The average molecular weight is 367 g/mol. The van der Waals surface area contributed by atoms with Crippen molar-refractivity contribution in [2.75, 3.05) is 6.26 Å². The van der Waals surface area contributed by atoms with E-state index in [4.69, 9.17) is 4.99 Å². The summed E-state index contributed by atoms with van der Waals surface area (Å²) < 4.78 is 0. The van der Waals surface area contributed by atoms with Crippen LogP contribution in [0.2, 0.25) is 0 Å². The van der Waals surface area contributed by atoms with Gasteiger partial charge in [-0.05, 0) is 30.0 Å². The Labute approximate surface area is 152 Å². The first-order valence-corrected chi connectivity index (χ1v) is 8.95. The maximum Gasteiger partial charge on any atom is 0.276 e. The summed E-state index contributed by atoms with van der Waals surface area (Å²) >= 11 is 1.32. The normalized spacial score (nSPS) is 18.3. The molecule has 0 aromatic heterocycles. The summed E-state index contributed by atoms with van der Waals surface area (Å²) in [6.45, 7) is 0. The molecule has 0 aliphatic carbocycles. The Hall–Kier alpha value is -3.20. The number of hydrogen-bond acceptors (Lipinski definition) is 7. The van der Waals surface area contributed by atoms with Gasteiger partial charge in [-0.3, -0.25) is 25.2 Å². The van der Waals surface area contributed by atoms with Crippen LogP contribution in [0.3, 0.4) is 0 Å². The van der Waals surface area contributed by atoms with E-state index in [2.05, 4.69) is 10.4 Å². The highest BCUT2D eigenvalue weighted by Crippen LogP contribution is 2.31. The van der Waals surface area contributed by atoms with Crippen molar-refractivity contribution in [2.24, 2.45) is 10.1 Å². The molecule has 2 aromatic carbocycles. The van der Waals surface area contributed by atoms with Gasteiger partial charge < -0.3 is 0 Å². The minimum absolute atomic E-state index is 0.00106. The van der Waals surface area contributed by atoms with Gasteiger partial charge in [0.05, 0.1) is 10.3 Å². The van der Waals surface area contributed by atoms with Crippen LogP contribution in [0, 0.1) is 10.1 Å². The second-order valence-corrected chi connectivity index (χ2v) is 6.42. The Morgan fingerprint density at radius 2 is 1.92 bits per heavy atom. The molecule has 2 heterocycles. The number of fused-ring (bicyclic) bond motifs is 2. The van der Waals surface area contributed by atoms with Gasteiger partial charge in [-0.2, -0.15) is 0 Å². The molecule has 0 saturated heterocycles. The summed E-state index contributed by atoms with van der Waals surface area (Å²) in [5, 5.41) is 21.6. The van der Waals surface area contributed by atoms with E-state index in [0.29, 0.717) is 27.0 Å². The minimum Gasteiger partial charge on any atom is -0.298 e. The number of carbonyl (C=O) groups is 1. The zero-order valence-corrected chi connectivity index (χ0v) is 14.4. The maximum atomic E-state index is 12.7. The molecule has 0 spiro atoms. The van der Waals surface area contributed by atoms with Gasteiger partial charge in [0.1, 0.15) is 5.70 Å². The van der Waals surface area contributed by atoms with Crippen LogP contribution in [0.15, 0.2) is 58.6 Å². The maximum absolute atomic E-state index is 12.7. The van der Waals surface area contributed by atoms with E-state index in [1.54, 1.807) is 17.1 Å². The number of thioether (sulfide) groups is 1. The lowest BCUT2D eigenvalue weighted by atomic mass is 10.1. The topological polar surface area (TPSA) is 100 Å². The number of nitrogens with one attached hydrogen (secondary N) is 1. The summed E-state index contributed by atoms with van der Waals surface area (Å²) in [5.41, 5.74) is 1.12. The van der Waals surface area contributed by atoms with Gasteiger partial charge in [-0.25, -0.2) is 5.01 Å². The lowest BCUT2D eigenvalue weighted by molar-refractivity contribution is -0.384. The summed E-state index contributed by atoms with van der Waals surface area (Å²) in [7, 11) is 0. The molecule has 9 heteroatoms. The van der Waals surface area contributed by atoms with E-state index in [1.165, 1.54) is 23.9 Å². The van der Waals surface area contributed by atoms with Gasteiger partial charge in [0.15, 0.2) is 11.3 Å². The predicted molar refractivity (Wildman–Crippen MR) is 97.4 cm³/mol. The number of nitrogens with zero attached hydrogens (tertiary/aromatic N) is 4. The monoisotopic (exact) mass is 367 g/mol. The number of nitro benzene ring substituents is 1. The third-order valence-corrected chi connectivity index (χ3v) is 4.68. The molecule has 0 bridgehead atoms. The Bertz CT molecular complexity index is 1060. The average Bonchev–Trinajstić information content (AvgIpc) is 2.67. The van der Waals surface area contributed by atoms with Gasteiger partial charge in [0, 0.05) is 17.4 Å². The molecular formula is C17H13N5O3S. The van der Waals surface area contributed by atoms with Crippen LogP contribution in [-0.2, 0) is 4.79 Å². The van der Waals surface area contributed by atoms with Crippen LogP contribution in [0.4, 0.5) is 5.69 Å². The highest BCUT2D eigenvalue weighted by Gasteiger charge is 2.34. The standard InChI is InChI=1S/C17H13N5O3S/c1-26-17-19-16(23)14-12-4-2-3-5-13(12)18-15(21(14)20-17)10-6-8-11(9-7-10)22(24)25/h2-9,15H,1H3,(H,19,20,23)/t15-/m1/s1. The number of amides is 1. The summed E-state index contributed by atoms with van der Waals surface area (Å²) in [5.74, 6) is -0.251. The van der Waals surface area contributed by atoms with Crippen LogP contribution in [0.5, 0.6) is 0 Å². The van der Waals surface area contributed by atoms with Crippen LogP contribution in [0.25, 0.3) is 5.70 Å². The largest absolute Gasteiger partial charge is 0.298 e. The Balaban J connectivity index is 1.91. The number of benzene rings is 2. The predicted octanol–water partition coefficient (Wildman–Crippen LogP) is 1.10. The second-order valence-electron chi connectivity index (χ2n) is 5.63. The smallest absolute Gasteiger partial charge is 0.276 e. The van der Waals surface area contributed by atoms with Gasteiger partial charge in [-0.1, -0.05) is 30.0 Å². The molecular weight excluding hydrogens is 354 g/mol. The lowest BCUT2D eigenvalue weighted by Gasteiger charge is -2.33. The Morgan fingerprint density at radius 1 is 1.19 bits per heavy atom. The van der Waals surface area contributed by atoms with E-state index in [-0.39, 0.29) is 11.6 Å². The fraction of sp³-hybridized carbons (Fsp3) is 0.118. The summed E-state index contributed by atoms with van der Waals surface area (Å²) in [4.78, 5) is 27.8. The van der Waals surface area contributed by atoms with E-state index in [9.17, 15) is 14.9 Å². The zero-order chi connectivity index (χ0) is 18.3. The molecule has 2 aromatic rings. The van der Waals surface area contributed by atoms with Crippen molar-refractivity contribution in [1.29, 1.82) is 0 Å². The van der Waals surface area contributed by atoms with Gasteiger partial charge >= 0.3 is 0 Å². The number of nitro groups is 1. The first-order valence-electron chi connectivity index (χ1n) is 7.73. The van der Waals surface area contributed by atoms with E-state index in [1.807, 2.05) is 30.5 Å². The molecule has 0 radical (unpaired) electrons. The quantitative estimate of drug-likeness (QED) is 0.633. The number of rotatable bonds is 2. The first-order chi connectivity index (χ1) is 12.6. The molecule has 0 fully saturated rings. The molecule has 0 saturated carbocycles. The number of carbonyl (C=O) groups excluding carboxylic acids is 1. The van der Waals surface area contributed by atoms with Crippen molar-refractivity contribution in [2.45, 2.75) is 6.17 Å². The van der Waals surface area contributed by atoms with Crippen molar-refractivity contribution < 1.29 is 9.72 Å². The lowest BCUT2D eigenvalue weighted by Crippen LogP contribution is -2.50. The van der Waals surface area contributed by atoms with Gasteiger partial charge in [-0.15, -0.1) is 5.10 Å². The minimum atomic E-state index is -0.575. The van der Waals surface area contributed by atoms with Crippen molar-refractivity contribution in [3.8, 4) is 0 Å². The van der Waals surface area contributed by atoms with E-state index >= 15 is 0 Å². The van der Waals surface area contributed by atoms with Crippen molar-refractivity contribution in [3.63, 3.8) is 0 Å².